The van der Waals surface area contributed by atoms with Gasteiger partial charge in [-0.15, -0.1) is 0 Å². The van der Waals surface area contributed by atoms with Crippen molar-refractivity contribution in [3.8, 4) is 0 Å². The summed E-state index contributed by atoms with van der Waals surface area (Å²) in [7, 11) is 0. The van der Waals surface area contributed by atoms with E-state index in [1.54, 1.807) is 0 Å². The lowest BCUT2D eigenvalue weighted by Gasteiger charge is -2.34. The SMILES string of the molecule is N=C/N=C1\C(=C(\COC2CCOCC2)N2CCOCC2)CCN1c1ccccc1. The van der Waals surface area contributed by atoms with Crippen molar-refractivity contribution >= 4 is 17.9 Å². The number of ether oxygens (including phenoxy) is 3. The van der Waals surface area contributed by atoms with Crippen LogP contribution in [0.4, 0.5) is 5.69 Å². The Morgan fingerprint density at radius 3 is 2.52 bits per heavy atom. The standard InChI is InChI=1S/C22H30N4O3/c23-17-24-22-20(6-9-26(22)18-4-2-1-3-5-18)21(25-10-14-28-15-11-25)16-29-19-7-12-27-13-8-19/h1-5,17,19,23H,6-16H2/b21-20-,23-17?,24-22+. The van der Waals surface area contributed by atoms with Crippen molar-refractivity contribution in [3.05, 3.63) is 41.6 Å². The maximum atomic E-state index is 7.62. The number of aliphatic imine (C=N–C) groups is 1. The molecule has 3 fully saturated rings. The van der Waals surface area contributed by atoms with Crippen LogP contribution < -0.4 is 4.90 Å². The van der Waals surface area contributed by atoms with E-state index in [0.29, 0.717) is 6.61 Å². The van der Waals surface area contributed by atoms with Crippen LogP contribution in [-0.4, -0.2) is 75.8 Å². The minimum Gasteiger partial charge on any atom is -0.381 e. The number of amidine groups is 1. The number of nitrogens with one attached hydrogen (secondary N) is 1. The second-order valence-corrected chi connectivity index (χ2v) is 7.47. The molecule has 156 valence electrons. The maximum Gasteiger partial charge on any atom is 0.139 e. The third kappa shape index (κ3) is 4.86. The molecule has 0 saturated carbocycles. The van der Waals surface area contributed by atoms with Gasteiger partial charge in [0.2, 0.25) is 0 Å². The zero-order valence-corrected chi connectivity index (χ0v) is 16.9. The smallest absolute Gasteiger partial charge is 0.139 e. The zero-order chi connectivity index (χ0) is 19.9. The predicted molar refractivity (Wildman–Crippen MR) is 114 cm³/mol. The molecule has 29 heavy (non-hydrogen) atoms. The number of benzene rings is 1. The van der Waals surface area contributed by atoms with Crippen LogP contribution in [0.15, 0.2) is 46.6 Å². The van der Waals surface area contributed by atoms with Crippen LogP contribution >= 0.6 is 0 Å². The highest BCUT2D eigenvalue weighted by Gasteiger charge is 2.31. The number of rotatable bonds is 6. The Morgan fingerprint density at radius 1 is 1.07 bits per heavy atom. The Hall–Kier alpha value is -2.22. The van der Waals surface area contributed by atoms with Gasteiger partial charge in [0.05, 0.1) is 25.9 Å². The highest BCUT2D eigenvalue weighted by molar-refractivity contribution is 6.14. The Balaban J connectivity index is 1.62. The van der Waals surface area contributed by atoms with E-state index in [-0.39, 0.29) is 6.10 Å². The van der Waals surface area contributed by atoms with Gasteiger partial charge in [-0.05, 0) is 31.4 Å². The summed E-state index contributed by atoms with van der Waals surface area (Å²) >= 11 is 0. The first-order valence-corrected chi connectivity index (χ1v) is 10.5. The third-order valence-corrected chi connectivity index (χ3v) is 5.73. The molecule has 4 rings (SSSR count). The summed E-state index contributed by atoms with van der Waals surface area (Å²) in [6.45, 7) is 6.16. The molecule has 0 spiro atoms. The molecule has 0 radical (unpaired) electrons. The van der Waals surface area contributed by atoms with Gasteiger partial charge in [0.15, 0.2) is 0 Å². The number of hydrogen-bond acceptors (Lipinski definition) is 5. The zero-order valence-electron chi connectivity index (χ0n) is 16.9. The molecule has 3 aliphatic rings. The Labute approximate surface area is 172 Å². The molecule has 7 heteroatoms. The van der Waals surface area contributed by atoms with Crippen LogP contribution in [0.5, 0.6) is 0 Å². The number of para-hydroxylation sites is 1. The summed E-state index contributed by atoms with van der Waals surface area (Å²) < 4.78 is 17.4. The second-order valence-electron chi connectivity index (χ2n) is 7.47. The van der Waals surface area contributed by atoms with Crippen LogP contribution in [0.2, 0.25) is 0 Å². The molecule has 0 unspecified atom stereocenters. The monoisotopic (exact) mass is 398 g/mol. The third-order valence-electron chi connectivity index (χ3n) is 5.73. The number of morpholine rings is 1. The van der Waals surface area contributed by atoms with Gasteiger partial charge in [-0.25, -0.2) is 4.99 Å². The highest BCUT2D eigenvalue weighted by Crippen LogP contribution is 2.30. The Morgan fingerprint density at radius 2 is 1.79 bits per heavy atom. The lowest BCUT2D eigenvalue weighted by atomic mass is 10.1. The average Bonchev–Trinajstić information content (AvgIpc) is 3.20. The van der Waals surface area contributed by atoms with Crippen molar-refractivity contribution in [2.24, 2.45) is 4.99 Å². The maximum absolute atomic E-state index is 7.62. The summed E-state index contributed by atoms with van der Waals surface area (Å²) in [6, 6.07) is 10.3. The molecule has 3 aliphatic heterocycles. The van der Waals surface area contributed by atoms with E-state index in [1.165, 1.54) is 11.3 Å². The largest absolute Gasteiger partial charge is 0.381 e. The van der Waals surface area contributed by atoms with Gasteiger partial charge in [0, 0.05) is 49.8 Å². The number of hydrogen-bond donors (Lipinski definition) is 1. The fraction of sp³-hybridized carbons (Fsp3) is 0.545. The van der Waals surface area contributed by atoms with Crippen LogP contribution in [-0.2, 0) is 14.2 Å². The molecular formula is C22H30N4O3. The van der Waals surface area contributed by atoms with Gasteiger partial charge in [-0.2, -0.15) is 0 Å². The minimum atomic E-state index is 0.246. The summed E-state index contributed by atoms with van der Waals surface area (Å²) in [6.07, 6.45) is 4.18. The number of anilines is 1. The normalized spacial score (nSPS) is 24.2. The Bertz CT molecular complexity index is 738. The van der Waals surface area contributed by atoms with E-state index in [0.717, 1.165) is 83.2 Å². The molecule has 3 saturated heterocycles. The lowest BCUT2D eigenvalue weighted by Crippen LogP contribution is -2.39. The van der Waals surface area contributed by atoms with E-state index in [4.69, 9.17) is 19.6 Å². The molecule has 1 N–H and O–H groups in total. The van der Waals surface area contributed by atoms with Gasteiger partial charge in [0.25, 0.3) is 0 Å². The summed E-state index contributed by atoms with van der Waals surface area (Å²) in [4.78, 5) is 9.05. The van der Waals surface area contributed by atoms with Crippen molar-refractivity contribution in [2.45, 2.75) is 25.4 Å². The minimum absolute atomic E-state index is 0.246. The molecular weight excluding hydrogens is 368 g/mol. The van der Waals surface area contributed by atoms with Gasteiger partial charge in [-0.3, -0.25) is 5.41 Å². The molecule has 1 aromatic carbocycles. The van der Waals surface area contributed by atoms with Crippen LogP contribution in [0.3, 0.4) is 0 Å². The molecule has 0 bridgehead atoms. The quantitative estimate of drug-likeness (QED) is 0.589. The van der Waals surface area contributed by atoms with Crippen molar-refractivity contribution in [3.63, 3.8) is 0 Å². The summed E-state index contributed by atoms with van der Waals surface area (Å²) in [5.41, 5.74) is 3.49. The second kappa shape index (κ2) is 10.0. The molecule has 0 amide bonds. The fourth-order valence-electron chi connectivity index (χ4n) is 4.19. The first-order chi connectivity index (χ1) is 14.4. The predicted octanol–water partition coefficient (Wildman–Crippen LogP) is 2.68. The highest BCUT2D eigenvalue weighted by atomic mass is 16.5. The lowest BCUT2D eigenvalue weighted by molar-refractivity contribution is -0.0327. The van der Waals surface area contributed by atoms with Crippen molar-refractivity contribution in [2.75, 3.05) is 57.6 Å². The molecule has 7 nitrogen and oxygen atoms in total. The van der Waals surface area contributed by atoms with E-state index >= 15 is 0 Å². The van der Waals surface area contributed by atoms with E-state index in [2.05, 4.69) is 26.9 Å². The average molecular weight is 399 g/mol. The van der Waals surface area contributed by atoms with Crippen LogP contribution in [0.1, 0.15) is 19.3 Å². The van der Waals surface area contributed by atoms with Crippen molar-refractivity contribution in [1.82, 2.24) is 4.90 Å². The molecule has 0 aliphatic carbocycles. The van der Waals surface area contributed by atoms with Gasteiger partial charge in [0.1, 0.15) is 12.2 Å². The van der Waals surface area contributed by atoms with Gasteiger partial charge < -0.3 is 24.0 Å². The van der Waals surface area contributed by atoms with Crippen LogP contribution in [0, 0.1) is 5.41 Å². The van der Waals surface area contributed by atoms with Gasteiger partial charge in [-0.1, -0.05) is 18.2 Å². The van der Waals surface area contributed by atoms with Gasteiger partial charge >= 0.3 is 0 Å². The van der Waals surface area contributed by atoms with E-state index in [9.17, 15) is 0 Å². The number of nitrogens with zero attached hydrogens (tertiary/aromatic N) is 3. The van der Waals surface area contributed by atoms with E-state index < -0.39 is 0 Å². The fourth-order valence-corrected chi connectivity index (χ4v) is 4.19. The Kier molecular flexibility index (Phi) is 6.92. The molecule has 0 atom stereocenters. The first kappa shape index (κ1) is 20.1. The molecule has 1 aromatic rings. The summed E-state index contributed by atoms with van der Waals surface area (Å²) in [5.74, 6) is 0.864. The summed E-state index contributed by atoms with van der Waals surface area (Å²) in [5, 5.41) is 7.62. The van der Waals surface area contributed by atoms with Crippen LogP contribution in [0.25, 0.3) is 0 Å². The van der Waals surface area contributed by atoms with Crippen molar-refractivity contribution in [1.29, 1.82) is 5.41 Å². The molecule has 0 aromatic heterocycles. The van der Waals surface area contributed by atoms with E-state index in [1.807, 2.05) is 18.2 Å². The topological polar surface area (TPSA) is 70.4 Å². The first-order valence-electron chi connectivity index (χ1n) is 10.5. The molecule has 3 heterocycles. The van der Waals surface area contributed by atoms with Crippen molar-refractivity contribution < 1.29 is 14.2 Å².